The zero-order valence-corrected chi connectivity index (χ0v) is 52.2. The van der Waals surface area contributed by atoms with Gasteiger partial charge in [-0.1, -0.05) is 279 Å². The van der Waals surface area contributed by atoms with Gasteiger partial charge in [-0.25, -0.2) is 0 Å². The maximum Gasteiger partial charge on any atom is 0.310 e. The molecule has 0 aliphatic rings. The van der Waals surface area contributed by atoms with Crippen LogP contribution in [0.15, 0.2) is 194 Å². The van der Waals surface area contributed by atoms with Crippen LogP contribution in [0, 0.1) is 0 Å². The van der Waals surface area contributed by atoms with E-state index in [0.29, 0.717) is 19.3 Å². The summed E-state index contributed by atoms with van der Waals surface area (Å²) in [6, 6.07) is 0. The van der Waals surface area contributed by atoms with Gasteiger partial charge in [0.05, 0.1) is 6.42 Å². The van der Waals surface area contributed by atoms with E-state index in [4.69, 9.17) is 14.2 Å². The Morgan fingerprint density at radius 3 is 0.805 bits per heavy atom. The van der Waals surface area contributed by atoms with E-state index in [9.17, 15) is 14.4 Å². The van der Waals surface area contributed by atoms with Crippen LogP contribution in [0.3, 0.4) is 0 Å². The Bertz CT molecular complexity index is 1970. The van der Waals surface area contributed by atoms with Crippen LogP contribution in [0.4, 0.5) is 0 Å². The van der Waals surface area contributed by atoms with E-state index in [1.54, 1.807) is 6.08 Å². The second-order valence-electron chi connectivity index (χ2n) is 20.6. The molecule has 1 unspecified atom stereocenters. The number of allylic oxidation sites excluding steroid dienone is 31. The highest BCUT2D eigenvalue weighted by Crippen LogP contribution is 2.13. The molecule has 0 aliphatic heterocycles. The Balaban J connectivity index is 4.38. The van der Waals surface area contributed by atoms with Crippen molar-refractivity contribution in [1.29, 1.82) is 0 Å². The Hall–Kier alpha value is -5.75. The summed E-state index contributed by atoms with van der Waals surface area (Å²) in [6.45, 7) is 6.25. The normalized spacial score (nSPS) is 13.5. The molecule has 0 amide bonds. The molecule has 82 heavy (non-hydrogen) atoms. The molecule has 0 N–H and O–H groups in total. The molecular formula is C76H116O6. The molecule has 0 rings (SSSR count). The Morgan fingerprint density at radius 2 is 0.512 bits per heavy atom. The predicted molar refractivity (Wildman–Crippen MR) is 357 cm³/mol. The minimum Gasteiger partial charge on any atom is -0.462 e. The zero-order chi connectivity index (χ0) is 59.2. The molecule has 0 radical (unpaired) electrons. The van der Waals surface area contributed by atoms with Gasteiger partial charge in [0.25, 0.3) is 0 Å². The summed E-state index contributed by atoms with van der Waals surface area (Å²) in [5.41, 5.74) is 0. The van der Waals surface area contributed by atoms with Crippen molar-refractivity contribution in [2.45, 2.75) is 252 Å². The number of ether oxygens (including phenoxy) is 3. The van der Waals surface area contributed by atoms with Crippen molar-refractivity contribution in [3.05, 3.63) is 194 Å². The van der Waals surface area contributed by atoms with Gasteiger partial charge in [-0.15, -0.1) is 0 Å². The molecule has 0 saturated carbocycles. The molecule has 0 aromatic heterocycles. The lowest BCUT2D eigenvalue weighted by atomic mass is 10.1. The molecule has 0 fully saturated rings. The highest BCUT2D eigenvalue weighted by atomic mass is 16.6. The molecule has 0 saturated heterocycles. The van der Waals surface area contributed by atoms with Crippen LogP contribution in [-0.2, 0) is 28.6 Å². The fraction of sp³-hybridized carbons (Fsp3) is 0.539. The van der Waals surface area contributed by atoms with Gasteiger partial charge in [-0.2, -0.15) is 0 Å². The summed E-state index contributed by atoms with van der Waals surface area (Å²) in [7, 11) is 0. The lowest BCUT2D eigenvalue weighted by Crippen LogP contribution is -2.30. The lowest BCUT2D eigenvalue weighted by molar-refractivity contribution is -0.166. The number of rotatable bonds is 56. The van der Waals surface area contributed by atoms with E-state index in [1.807, 2.05) is 6.08 Å². The molecule has 6 nitrogen and oxygen atoms in total. The minimum atomic E-state index is -0.854. The first-order chi connectivity index (χ1) is 40.5. The van der Waals surface area contributed by atoms with Crippen molar-refractivity contribution < 1.29 is 28.6 Å². The van der Waals surface area contributed by atoms with Crippen molar-refractivity contribution in [3.63, 3.8) is 0 Å². The van der Waals surface area contributed by atoms with Gasteiger partial charge in [-0.3, -0.25) is 14.4 Å². The maximum absolute atomic E-state index is 12.8. The van der Waals surface area contributed by atoms with Gasteiger partial charge in [0, 0.05) is 12.8 Å². The van der Waals surface area contributed by atoms with Crippen LogP contribution < -0.4 is 0 Å². The molecule has 6 heteroatoms. The zero-order valence-electron chi connectivity index (χ0n) is 52.2. The van der Waals surface area contributed by atoms with Crippen molar-refractivity contribution in [1.82, 2.24) is 0 Å². The lowest BCUT2D eigenvalue weighted by Gasteiger charge is -2.18. The standard InChI is InChI=1S/C76H116O6/c1-4-7-10-13-16-19-22-25-28-29-30-31-32-33-34-35-36-37-38-39-40-41-42-43-44-45-46-47-49-51-54-57-60-63-66-69-75(78)81-72-73(71-80-74(77)68-65-62-59-56-53-50-27-24-21-18-15-12-9-6-3)82-76(79)70-67-64-61-58-55-52-48-26-23-20-17-14-11-8-5-2/h7-8,10-11,15-20,24-28,30-31,33-34,36-37,39-40,42-43,45-46,48,55,58,64,67,73H,4-6,9,12-14,21-23,29,32,35,38,41,44,47,49-54,56-57,59-63,65-66,68-72H2,1-3H3/b10-7-,11-8-,18-15-,19-16-,20-17-,27-24-,28-25-,31-30-,34-33-,37-36-,40-39-,43-42-,46-45-,48-26-,58-55-,67-64-. The quantitative estimate of drug-likeness (QED) is 0.0261. The summed E-state index contributed by atoms with van der Waals surface area (Å²) in [5.74, 6) is -1.10. The van der Waals surface area contributed by atoms with E-state index in [-0.39, 0.29) is 31.6 Å². The van der Waals surface area contributed by atoms with Crippen LogP contribution in [0.25, 0.3) is 0 Å². The molecule has 1 atom stereocenters. The van der Waals surface area contributed by atoms with Crippen molar-refractivity contribution in [2.75, 3.05) is 13.2 Å². The third-order valence-electron chi connectivity index (χ3n) is 12.8. The number of esters is 3. The topological polar surface area (TPSA) is 78.9 Å². The van der Waals surface area contributed by atoms with Gasteiger partial charge < -0.3 is 14.2 Å². The third-order valence-corrected chi connectivity index (χ3v) is 12.8. The van der Waals surface area contributed by atoms with Gasteiger partial charge in [0.1, 0.15) is 13.2 Å². The number of carbonyl (C=O) groups is 3. The molecule has 0 spiro atoms. The fourth-order valence-corrected chi connectivity index (χ4v) is 8.06. The fourth-order valence-electron chi connectivity index (χ4n) is 8.06. The second kappa shape index (κ2) is 67.8. The number of unbranched alkanes of at least 4 members (excludes halogenated alkanes) is 14. The first kappa shape index (κ1) is 76.2. The Kier molecular flexibility index (Phi) is 63.0. The minimum absolute atomic E-state index is 0.0817. The molecule has 0 bridgehead atoms. The van der Waals surface area contributed by atoms with Gasteiger partial charge >= 0.3 is 17.9 Å². The summed E-state index contributed by atoms with van der Waals surface area (Å²) in [4.78, 5) is 38.2. The maximum atomic E-state index is 12.8. The smallest absolute Gasteiger partial charge is 0.310 e. The van der Waals surface area contributed by atoms with Crippen LogP contribution in [-0.4, -0.2) is 37.2 Å². The molecule has 0 heterocycles. The third kappa shape index (κ3) is 65.1. The molecular weight excluding hydrogens is 1010 g/mol. The highest BCUT2D eigenvalue weighted by Gasteiger charge is 2.19. The van der Waals surface area contributed by atoms with Crippen LogP contribution >= 0.6 is 0 Å². The van der Waals surface area contributed by atoms with E-state index in [0.717, 1.165) is 161 Å². The van der Waals surface area contributed by atoms with E-state index < -0.39 is 12.1 Å². The van der Waals surface area contributed by atoms with E-state index in [1.165, 1.54) is 38.5 Å². The van der Waals surface area contributed by atoms with Crippen LogP contribution in [0.2, 0.25) is 0 Å². The van der Waals surface area contributed by atoms with Crippen molar-refractivity contribution in [3.8, 4) is 0 Å². The molecule has 456 valence electrons. The molecule has 0 aromatic rings. The number of carbonyl (C=O) groups excluding carboxylic acids is 3. The average Bonchev–Trinajstić information content (AvgIpc) is 3.48. The van der Waals surface area contributed by atoms with E-state index in [2.05, 4.69) is 203 Å². The van der Waals surface area contributed by atoms with Gasteiger partial charge in [0.2, 0.25) is 0 Å². The average molecular weight is 1130 g/mol. The first-order valence-electron chi connectivity index (χ1n) is 32.4. The summed E-state index contributed by atoms with van der Waals surface area (Å²) in [6.07, 6.45) is 103. The first-order valence-corrected chi connectivity index (χ1v) is 32.4. The Morgan fingerprint density at radius 1 is 0.268 bits per heavy atom. The second-order valence-corrected chi connectivity index (χ2v) is 20.6. The SMILES string of the molecule is CC/C=C\C/C=C\C/C=C\C/C=C\C/C=C\C/C=C\C/C=C\C/C=C\C/C=C\CCCCCCCCCC(=O)OCC(COC(=O)CCCCCCC/C=C\C/C=C\CCCC)OC(=O)C/C=C\C/C=C\C/C=C\C/C=C\C/C=C\CC. The van der Waals surface area contributed by atoms with Crippen LogP contribution in [0.1, 0.15) is 245 Å². The van der Waals surface area contributed by atoms with Crippen LogP contribution in [0.5, 0.6) is 0 Å². The molecule has 0 aliphatic carbocycles. The summed E-state index contributed by atoms with van der Waals surface area (Å²) in [5, 5.41) is 0. The number of hydrogen-bond acceptors (Lipinski definition) is 6. The highest BCUT2D eigenvalue weighted by molar-refractivity contribution is 5.72. The molecule has 0 aromatic carbocycles. The summed E-state index contributed by atoms with van der Waals surface area (Å²) < 4.78 is 16.8. The monoisotopic (exact) mass is 1120 g/mol. The number of hydrogen-bond donors (Lipinski definition) is 0. The van der Waals surface area contributed by atoms with Gasteiger partial charge in [-0.05, 0) is 141 Å². The largest absolute Gasteiger partial charge is 0.462 e. The van der Waals surface area contributed by atoms with E-state index >= 15 is 0 Å². The Labute approximate surface area is 503 Å². The predicted octanol–water partition coefficient (Wildman–Crippen LogP) is 22.6. The van der Waals surface area contributed by atoms with Gasteiger partial charge in [0.15, 0.2) is 6.10 Å². The van der Waals surface area contributed by atoms with Crippen molar-refractivity contribution >= 4 is 17.9 Å². The summed E-state index contributed by atoms with van der Waals surface area (Å²) >= 11 is 0. The van der Waals surface area contributed by atoms with Crippen molar-refractivity contribution in [2.24, 2.45) is 0 Å².